The van der Waals surface area contributed by atoms with E-state index >= 15 is 0 Å². The normalized spacial score (nSPS) is 24.1. The van der Waals surface area contributed by atoms with Gasteiger partial charge in [-0.05, 0) is 45.4 Å². The molecule has 12 heteroatoms. The van der Waals surface area contributed by atoms with Gasteiger partial charge < -0.3 is 15.1 Å². The first kappa shape index (κ1) is 25.0. The van der Waals surface area contributed by atoms with E-state index in [1.54, 1.807) is 4.90 Å². The molecule has 0 radical (unpaired) electrons. The van der Waals surface area contributed by atoms with Gasteiger partial charge in [-0.25, -0.2) is 4.79 Å². The molecule has 3 aliphatic rings. The van der Waals surface area contributed by atoms with Crippen molar-refractivity contribution in [3.63, 3.8) is 0 Å². The highest BCUT2D eigenvalue weighted by atomic mass is 19.4. The van der Waals surface area contributed by atoms with E-state index in [9.17, 15) is 22.8 Å². The van der Waals surface area contributed by atoms with Crippen LogP contribution in [0.3, 0.4) is 0 Å². The molecular weight excluding hydrogens is 463 g/mol. The number of fused-ring (bicyclic) bond motifs is 2. The molecule has 2 saturated heterocycles. The van der Waals surface area contributed by atoms with Crippen molar-refractivity contribution in [2.24, 2.45) is 0 Å². The molecule has 190 valence electrons. The predicted molar refractivity (Wildman–Crippen MR) is 123 cm³/mol. The van der Waals surface area contributed by atoms with Gasteiger partial charge in [0, 0.05) is 36.9 Å². The van der Waals surface area contributed by atoms with Gasteiger partial charge in [0.1, 0.15) is 5.69 Å². The van der Waals surface area contributed by atoms with Gasteiger partial charge in [-0.15, -0.1) is 0 Å². The average Bonchev–Trinajstić information content (AvgIpc) is 3.49. The molecule has 3 aliphatic heterocycles. The molecule has 0 spiro atoms. The molecule has 2 aromatic rings. The van der Waals surface area contributed by atoms with E-state index < -0.39 is 17.6 Å². The Morgan fingerprint density at radius 3 is 2.63 bits per heavy atom. The van der Waals surface area contributed by atoms with E-state index in [0.717, 1.165) is 43.8 Å². The van der Waals surface area contributed by atoms with Crippen molar-refractivity contribution in [3.05, 3.63) is 40.8 Å². The van der Waals surface area contributed by atoms with Crippen LogP contribution in [0.25, 0.3) is 0 Å². The summed E-state index contributed by atoms with van der Waals surface area (Å²) in [7, 11) is 0. The summed E-state index contributed by atoms with van der Waals surface area (Å²) >= 11 is 0. The van der Waals surface area contributed by atoms with Gasteiger partial charge in [0.2, 0.25) is 0 Å². The fraction of sp³-hybridized carbons (Fsp3) is 0.565. The van der Waals surface area contributed by atoms with Crippen LogP contribution in [0.15, 0.2) is 18.3 Å². The van der Waals surface area contributed by atoms with Crippen LogP contribution in [0.1, 0.15) is 67.5 Å². The lowest BCUT2D eigenvalue weighted by Gasteiger charge is -2.44. The molecule has 2 fully saturated rings. The number of nitrogens with zero attached hydrogens (tertiary/aromatic N) is 5. The minimum atomic E-state index is -4.53. The van der Waals surface area contributed by atoms with Crippen LogP contribution in [0.5, 0.6) is 0 Å². The summed E-state index contributed by atoms with van der Waals surface area (Å²) in [5, 5.41) is 9.67. The van der Waals surface area contributed by atoms with Crippen LogP contribution < -0.4 is 5.32 Å². The van der Waals surface area contributed by atoms with Gasteiger partial charge in [0.05, 0.1) is 23.8 Å². The number of rotatable bonds is 2. The molecule has 5 rings (SSSR count). The molecule has 0 aliphatic carbocycles. The number of hydrogen-bond donors (Lipinski definition) is 2. The van der Waals surface area contributed by atoms with Gasteiger partial charge in [0.25, 0.3) is 5.91 Å². The number of carbonyl (C=O) groups is 2. The average molecular weight is 494 g/mol. The second kappa shape index (κ2) is 9.14. The number of carbonyl (C=O) groups excluding carboxylic acids is 2. The maximum atomic E-state index is 13.5. The van der Waals surface area contributed by atoms with Crippen molar-refractivity contribution >= 4 is 17.8 Å². The first-order valence-corrected chi connectivity index (χ1v) is 11.4. The number of halogens is 3. The van der Waals surface area contributed by atoms with Crippen LogP contribution in [-0.4, -0.2) is 73.5 Å². The quantitative estimate of drug-likeness (QED) is 0.662. The first-order chi connectivity index (χ1) is 16.1. The largest absolute Gasteiger partial charge is 0.417 e. The number of nitrogens with one attached hydrogen (secondary N) is 2. The standard InChI is InChI=1S/C22H26F3N7O2.CH4/c1-12-9-30-7-3-4-15(30)10-31(12)21(34)32-11-16-18(13(32)2)28-29-19(16)27-20(33)17-6-5-14(8-26-17)22(23,24)25;/h5-6,8,12-13,15H,3-4,7,9-11H2,1-2H3,(H2,27,28,29,33);1H4/t12-,13?,15-;/m0./s1. The molecule has 2 N–H and O–H groups in total. The number of anilines is 1. The number of aromatic nitrogens is 3. The second-order valence-electron chi connectivity index (χ2n) is 9.23. The van der Waals surface area contributed by atoms with Gasteiger partial charge in [0.15, 0.2) is 5.82 Å². The number of pyridine rings is 1. The smallest absolute Gasteiger partial charge is 0.319 e. The van der Waals surface area contributed by atoms with Crippen molar-refractivity contribution in [3.8, 4) is 0 Å². The van der Waals surface area contributed by atoms with Gasteiger partial charge in [-0.3, -0.25) is 19.8 Å². The number of H-pyrrole nitrogens is 1. The highest BCUT2D eigenvalue weighted by Crippen LogP contribution is 2.37. The number of alkyl halides is 3. The van der Waals surface area contributed by atoms with Gasteiger partial charge in [-0.1, -0.05) is 7.43 Å². The molecular formula is C23H30F3N7O2. The Balaban J connectivity index is 0.00000289. The molecule has 1 unspecified atom stereocenters. The zero-order chi connectivity index (χ0) is 24.2. The van der Waals surface area contributed by atoms with Crippen molar-refractivity contribution < 1.29 is 22.8 Å². The summed E-state index contributed by atoms with van der Waals surface area (Å²) in [5.41, 5.74) is 0.330. The Labute approximate surface area is 201 Å². The van der Waals surface area contributed by atoms with E-state index in [2.05, 4.69) is 32.3 Å². The Kier molecular flexibility index (Phi) is 6.52. The Hall–Kier alpha value is -3.15. The molecule has 0 bridgehead atoms. The monoisotopic (exact) mass is 493 g/mol. The van der Waals surface area contributed by atoms with Crippen molar-refractivity contribution in [2.75, 3.05) is 25.0 Å². The maximum absolute atomic E-state index is 13.5. The Bertz CT molecular complexity index is 1100. The van der Waals surface area contributed by atoms with Crippen molar-refractivity contribution in [1.29, 1.82) is 0 Å². The topological polar surface area (TPSA) is 97.5 Å². The molecule has 5 heterocycles. The highest BCUT2D eigenvalue weighted by molar-refractivity contribution is 6.02. The van der Waals surface area contributed by atoms with E-state index in [1.165, 1.54) is 0 Å². The zero-order valence-corrected chi connectivity index (χ0v) is 18.9. The summed E-state index contributed by atoms with van der Waals surface area (Å²) in [6.45, 7) is 6.91. The highest BCUT2D eigenvalue weighted by Gasteiger charge is 2.42. The summed E-state index contributed by atoms with van der Waals surface area (Å²) in [5.74, 6) is -0.427. The Morgan fingerprint density at radius 2 is 1.94 bits per heavy atom. The maximum Gasteiger partial charge on any atom is 0.417 e. The van der Waals surface area contributed by atoms with E-state index in [0.29, 0.717) is 24.3 Å². The minimum absolute atomic E-state index is 0. The first-order valence-electron chi connectivity index (χ1n) is 11.4. The molecule has 9 nitrogen and oxygen atoms in total. The molecule has 0 aromatic carbocycles. The molecule has 35 heavy (non-hydrogen) atoms. The second-order valence-corrected chi connectivity index (χ2v) is 9.23. The van der Waals surface area contributed by atoms with Gasteiger partial charge in [-0.2, -0.15) is 18.3 Å². The molecule has 3 amide bonds. The predicted octanol–water partition coefficient (Wildman–Crippen LogP) is 3.88. The summed E-state index contributed by atoms with van der Waals surface area (Å²) in [6, 6.07) is 2.05. The number of hydrogen-bond acceptors (Lipinski definition) is 5. The zero-order valence-electron chi connectivity index (χ0n) is 18.9. The summed E-state index contributed by atoms with van der Waals surface area (Å²) in [4.78, 5) is 35.8. The van der Waals surface area contributed by atoms with Crippen LogP contribution in [0, 0.1) is 0 Å². The number of aromatic amines is 1. The van der Waals surface area contributed by atoms with E-state index in [-0.39, 0.29) is 43.6 Å². The lowest BCUT2D eigenvalue weighted by Crippen LogP contribution is -2.59. The van der Waals surface area contributed by atoms with Crippen molar-refractivity contribution in [2.45, 2.75) is 65.0 Å². The van der Waals surface area contributed by atoms with Crippen LogP contribution >= 0.6 is 0 Å². The molecule has 0 saturated carbocycles. The number of piperazine rings is 1. The van der Waals surface area contributed by atoms with E-state index in [4.69, 9.17) is 0 Å². The van der Waals surface area contributed by atoms with Crippen LogP contribution in [0.2, 0.25) is 0 Å². The minimum Gasteiger partial charge on any atom is -0.319 e. The van der Waals surface area contributed by atoms with E-state index in [1.807, 2.05) is 11.8 Å². The molecule has 3 atom stereocenters. The SMILES string of the molecule is C.CC1c2[nH]nc(NC(=O)c3ccc(C(F)(F)F)cn3)c2CN1C(=O)N1C[C@@H]2CCCN2C[C@@H]1C. The third-order valence-corrected chi connectivity index (χ3v) is 7.10. The lowest BCUT2D eigenvalue weighted by molar-refractivity contribution is -0.137. The fourth-order valence-electron chi connectivity index (χ4n) is 5.17. The van der Waals surface area contributed by atoms with Crippen molar-refractivity contribution in [1.82, 2.24) is 29.9 Å². The third-order valence-electron chi connectivity index (χ3n) is 7.10. The summed E-state index contributed by atoms with van der Waals surface area (Å²) < 4.78 is 38.2. The Morgan fingerprint density at radius 1 is 1.17 bits per heavy atom. The fourth-order valence-corrected chi connectivity index (χ4v) is 5.17. The lowest BCUT2D eigenvalue weighted by atomic mass is 10.1. The number of amides is 3. The number of urea groups is 1. The third kappa shape index (κ3) is 4.46. The van der Waals surface area contributed by atoms with Crippen LogP contribution in [0.4, 0.5) is 23.8 Å². The molecule has 2 aromatic heterocycles. The summed E-state index contributed by atoms with van der Waals surface area (Å²) in [6.07, 6.45) is -1.65. The van der Waals surface area contributed by atoms with Gasteiger partial charge >= 0.3 is 12.2 Å². The van der Waals surface area contributed by atoms with Crippen LogP contribution in [-0.2, 0) is 12.7 Å².